The Morgan fingerprint density at radius 3 is 2.96 bits per heavy atom. The fourth-order valence-electron chi connectivity index (χ4n) is 2.90. The van der Waals surface area contributed by atoms with Crippen LogP contribution in [-0.4, -0.2) is 32.7 Å². The van der Waals surface area contributed by atoms with E-state index in [1.807, 2.05) is 42.3 Å². The number of thioether (sulfide) groups is 1. The topological polar surface area (TPSA) is 62.7 Å². The summed E-state index contributed by atoms with van der Waals surface area (Å²) < 4.78 is 7.22. The lowest BCUT2D eigenvalue weighted by atomic mass is 10.2. The third kappa shape index (κ3) is 3.12. The van der Waals surface area contributed by atoms with Crippen LogP contribution in [0.4, 0.5) is 0 Å². The van der Waals surface area contributed by atoms with Gasteiger partial charge in [0.25, 0.3) is 0 Å². The van der Waals surface area contributed by atoms with Crippen LogP contribution in [0.2, 0.25) is 0 Å². The largest absolute Gasteiger partial charge is 0.481 e. The zero-order valence-corrected chi connectivity index (χ0v) is 15.7. The van der Waals surface area contributed by atoms with Crippen LogP contribution in [0.1, 0.15) is 24.1 Å². The Balaban J connectivity index is 1.69. The summed E-state index contributed by atoms with van der Waals surface area (Å²) in [6.07, 6.45) is 2.23. The lowest BCUT2D eigenvalue weighted by molar-refractivity contribution is -0.136. The molecule has 25 heavy (non-hydrogen) atoms. The first-order valence-corrected chi connectivity index (χ1v) is 9.87. The van der Waals surface area contributed by atoms with E-state index in [0.29, 0.717) is 11.5 Å². The Morgan fingerprint density at radius 1 is 1.48 bits per heavy atom. The Morgan fingerprint density at radius 2 is 2.28 bits per heavy atom. The van der Waals surface area contributed by atoms with Gasteiger partial charge < -0.3 is 14.7 Å². The summed E-state index contributed by atoms with van der Waals surface area (Å²) in [7, 11) is 1.85. The van der Waals surface area contributed by atoms with E-state index in [1.54, 1.807) is 11.3 Å². The van der Waals surface area contributed by atoms with Gasteiger partial charge in [0.1, 0.15) is 0 Å². The number of nitrogens with zero attached hydrogens (tertiary/aromatic N) is 2. The summed E-state index contributed by atoms with van der Waals surface area (Å²) in [6.45, 7) is 0. The second-order valence-electron chi connectivity index (χ2n) is 5.78. The van der Waals surface area contributed by atoms with Crippen molar-refractivity contribution in [2.24, 2.45) is 0 Å². The average molecular weight is 395 g/mol. The van der Waals surface area contributed by atoms with E-state index < -0.39 is 12.2 Å². The number of halogens is 1. The molecule has 0 bridgehead atoms. The van der Waals surface area contributed by atoms with Crippen LogP contribution in [0.15, 0.2) is 46.7 Å². The van der Waals surface area contributed by atoms with Gasteiger partial charge in [0, 0.05) is 12.0 Å². The van der Waals surface area contributed by atoms with Crippen molar-refractivity contribution >= 4 is 50.9 Å². The maximum atomic E-state index is 11.3. The van der Waals surface area contributed by atoms with Gasteiger partial charge >= 0.3 is 5.97 Å². The van der Waals surface area contributed by atoms with Crippen LogP contribution >= 0.6 is 34.7 Å². The molecule has 0 amide bonds. The fourth-order valence-corrected chi connectivity index (χ4v) is 5.25. The zero-order chi connectivity index (χ0) is 17.6. The van der Waals surface area contributed by atoms with Crippen LogP contribution in [0.3, 0.4) is 0 Å². The van der Waals surface area contributed by atoms with Crippen LogP contribution in [0.25, 0.3) is 10.2 Å². The molecule has 1 aromatic heterocycles. The summed E-state index contributed by atoms with van der Waals surface area (Å²) >= 11 is 9.24. The number of ether oxygens (including phenoxy) is 1. The van der Waals surface area contributed by atoms with Crippen LogP contribution in [0, 0.1) is 0 Å². The molecule has 5 nitrogen and oxygen atoms in total. The number of aromatic nitrogens is 1. The average Bonchev–Trinajstić information content (AvgIpc) is 3.25. The SMILES string of the molecule is CN1C(CC(=O)O)=C(C2=CCC(Cl)S2)OC1c1nc2ccccc2s1. The highest BCUT2D eigenvalue weighted by Gasteiger charge is 2.38. The summed E-state index contributed by atoms with van der Waals surface area (Å²) in [5, 5.41) is 10.1. The van der Waals surface area contributed by atoms with E-state index in [9.17, 15) is 9.90 Å². The quantitative estimate of drug-likeness (QED) is 0.769. The number of rotatable bonds is 4. The Labute approximate surface area is 157 Å². The molecule has 2 aliphatic rings. The number of hydrogen-bond donors (Lipinski definition) is 1. The standard InChI is InChI=1S/C17H15ClN2O3S2/c1-20-10(8-14(21)22)15(12-6-7-13(18)24-12)23-17(20)16-19-9-4-2-3-5-11(9)25-16/h2-6,13,17H,7-8H2,1H3,(H,21,22). The number of hydrogen-bond acceptors (Lipinski definition) is 6. The third-order valence-corrected chi connectivity index (χ3v) is 6.64. The number of para-hydroxylation sites is 1. The highest BCUT2D eigenvalue weighted by Crippen LogP contribution is 2.47. The summed E-state index contributed by atoms with van der Waals surface area (Å²) in [5.74, 6) is -0.277. The number of alkyl halides is 1. The molecule has 1 N–H and O–H groups in total. The molecule has 2 aliphatic heterocycles. The maximum Gasteiger partial charge on any atom is 0.309 e. The molecule has 8 heteroatoms. The monoisotopic (exact) mass is 394 g/mol. The molecule has 2 atom stereocenters. The molecule has 0 spiro atoms. The van der Waals surface area contributed by atoms with Crippen molar-refractivity contribution in [3.8, 4) is 0 Å². The summed E-state index contributed by atoms with van der Waals surface area (Å²) in [5.41, 5.74) is 1.57. The summed E-state index contributed by atoms with van der Waals surface area (Å²) in [4.78, 5) is 18.8. The lowest BCUT2D eigenvalue weighted by Crippen LogP contribution is -2.20. The number of benzene rings is 1. The van der Waals surface area contributed by atoms with E-state index in [-0.39, 0.29) is 11.1 Å². The molecule has 0 saturated heterocycles. The fraction of sp³-hybridized carbons (Fsp3) is 0.294. The van der Waals surface area contributed by atoms with Gasteiger partial charge in [-0.15, -0.1) is 34.7 Å². The van der Waals surface area contributed by atoms with E-state index in [2.05, 4.69) is 4.98 Å². The van der Waals surface area contributed by atoms with Gasteiger partial charge in [0.15, 0.2) is 10.8 Å². The smallest absolute Gasteiger partial charge is 0.309 e. The highest BCUT2D eigenvalue weighted by molar-refractivity contribution is 8.05. The Hall–Kier alpha value is -1.70. The van der Waals surface area contributed by atoms with Crippen molar-refractivity contribution in [3.05, 3.63) is 51.7 Å². The third-order valence-electron chi connectivity index (χ3n) is 4.08. The van der Waals surface area contributed by atoms with Gasteiger partial charge in [-0.05, 0) is 18.6 Å². The Bertz CT molecular complexity index is 875. The normalized spacial score (nSPS) is 23.3. The number of allylic oxidation sites excluding steroid dienone is 1. The molecule has 2 unspecified atom stereocenters. The minimum absolute atomic E-state index is 0.0380. The predicted molar refractivity (Wildman–Crippen MR) is 100 cm³/mol. The molecule has 2 aromatic rings. The molecule has 130 valence electrons. The molecule has 0 fully saturated rings. The van der Waals surface area contributed by atoms with Crippen molar-refractivity contribution in [2.45, 2.75) is 23.8 Å². The summed E-state index contributed by atoms with van der Waals surface area (Å²) in [6, 6.07) is 7.91. The molecule has 0 aliphatic carbocycles. The number of thiazole rings is 1. The minimum Gasteiger partial charge on any atom is -0.481 e. The van der Waals surface area contributed by atoms with Gasteiger partial charge in [-0.2, -0.15) is 0 Å². The molecular weight excluding hydrogens is 380 g/mol. The zero-order valence-electron chi connectivity index (χ0n) is 13.3. The minimum atomic E-state index is -0.890. The second-order valence-corrected chi connectivity index (χ2v) is 8.87. The van der Waals surface area contributed by atoms with E-state index in [1.165, 1.54) is 11.8 Å². The highest BCUT2D eigenvalue weighted by atomic mass is 35.5. The molecule has 1 aromatic carbocycles. The van der Waals surface area contributed by atoms with Crippen molar-refractivity contribution < 1.29 is 14.6 Å². The van der Waals surface area contributed by atoms with Crippen LogP contribution in [0.5, 0.6) is 0 Å². The van der Waals surface area contributed by atoms with Crippen molar-refractivity contribution in [3.63, 3.8) is 0 Å². The van der Waals surface area contributed by atoms with Crippen LogP contribution < -0.4 is 0 Å². The number of carbonyl (C=O) groups is 1. The van der Waals surface area contributed by atoms with Gasteiger partial charge in [-0.1, -0.05) is 18.2 Å². The maximum absolute atomic E-state index is 11.3. The van der Waals surface area contributed by atoms with Crippen molar-refractivity contribution in [2.75, 3.05) is 7.05 Å². The first-order chi connectivity index (χ1) is 12.0. The number of aliphatic carboxylic acids is 1. The van der Waals surface area contributed by atoms with E-state index in [0.717, 1.165) is 26.6 Å². The molecule has 3 heterocycles. The van der Waals surface area contributed by atoms with Gasteiger partial charge in [0.2, 0.25) is 6.23 Å². The number of fused-ring (bicyclic) bond motifs is 1. The van der Waals surface area contributed by atoms with Crippen molar-refractivity contribution in [1.29, 1.82) is 0 Å². The molecule has 0 saturated carbocycles. The van der Waals surface area contributed by atoms with Gasteiger partial charge in [-0.25, -0.2) is 4.98 Å². The second kappa shape index (κ2) is 6.55. The van der Waals surface area contributed by atoms with Gasteiger partial charge in [-0.3, -0.25) is 4.79 Å². The lowest BCUT2D eigenvalue weighted by Gasteiger charge is -2.20. The van der Waals surface area contributed by atoms with Crippen LogP contribution in [-0.2, 0) is 9.53 Å². The number of carboxylic acid groups (broad SMARTS) is 1. The van der Waals surface area contributed by atoms with Crippen molar-refractivity contribution in [1.82, 2.24) is 9.88 Å². The molecular formula is C17H15ClN2O3S2. The van der Waals surface area contributed by atoms with Gasteiger partial charge in [0.05, 0.1) is 27.0 Å². The van der Waals surface area contributed by atoms with E-state index in [4.69, 9.17) is 16.3 Å². The Kier molecular flexibility index (Phi) is 4.39. The first-order valence-electron chi connectivity index (χ1n) is 7.74. The predicted octanol–water partition coefficient (Wildman–Crippen LogP) is 4.53. The molecule has 4 rings (SSSR count). The first kappa shape index (κ1) is 16.8. The number of carboxylic acids is 1. The van der Waals surface area contributed by atoms with E-state index >= 15 is 0 Å². The molecule has 0 radical (unpaired) electrons.